The van der Waals surface area contributed by atoms with Crippen LogP contribution in [0.5, 0.6) is 5.75 Å². The largest absolute Gasteiger partial charge is 0.508 e. The first-order chi connectivity index (χ1) is 7.74. The third-order valence-corrected chi connectivity index (χ3v) is 2.76. The Morgan fingerprint density at radius 2 is 1.82 bits per heavy atom. The molecule has 0 saturated heterocycles. The lowest BCUT2D eigenvalue weighted by atomic mass is 9.96. The van der Waals surface area contributed by atoms with Crippen molar-refractivity contribution in [1.29, 1.82) is 0 Å². The van der Waals surface area contributed by atoms with Crippen LogP contribution in [0.25, 0.3) is 10.8 Å². The monoisotopic (exact) mass is 253 g/mol. The molecule has 0 spiro atoms. The maximum Gasteiger partial charge on any atom is 0.120 e. The zero-order valence-electron chi connectivity index (χ0n) is 9.34. The van der Waals surface area contributed by atoms with Crippen LogP contribution in [0.3, 0.4) is 0 Å². The Hall–Kier alpha value is -1.29. The highest BCUT2D eigenvalue weighted by atomic mass is 35.5. The van der Waals surface area contributed by atoms with Gasteiger partial charge >= 0.3 is 0 Å². The molecule has 92 valence electrons. The molecule has 0 amide bonds. The third-order valence-electron chi connectivity index (χ3n) is 2.76. The minimum atomic E-state index is -0.337. The van der Waals surface area contributed by atoms with Gasteiger partial charge in [-0.2, -0.15) is 0 Å². The summed E-state index contributed by atoms with van der Waals surface area (Å²) in [4.78, 5) is 0. The van der Waals surface area contributed by atoms with Crippen LogP contribution < -0.4 is 5.73 Å². The first-order valence-corrected chi connectivity index (χ1v) is 5.31. The Bertz CT molecular complexity index is 502. The number of hydrogen-bond donors (Lipinski definition) is 3. The van der Waals surface area contributed by atoms with Gasteiger partial charge in [0.2, 0.25) is 0 Å². The van der Waals surface area contributed by atoms with E-state index in [-0.39, 0.29) is 30.8 Å². The number of fused-ring (bicyclic) bond motifs is 1. The van der Waals surface area contributed by atoms with Crippen molar-refractivity contribution < 1.29 is 10.2 Å². The van der Waals surface area contributed by atoms with Crippen molar-refractivity contribution in [1.82, 2.24) is 0 Å². The maximum atomic E-state index is 9.84. The highest BCUT2D eigenvalue weighted by Gasteiger charge is 2.13. The van der Waals surface area contributed by atoms with Gasteiger partial charge in [-0.1, -0.05) is 30.3 Å². The third kappa shape index (κ3) is 2.69. The zero-order valence-corrected chi connectivity index (χ0v) is 10.2. The van der Waals surface area contributed by atoms with Gasteiger partial charge in [0.25, 0.3) is 0 Å². The molecule has 0 heterocycles. The van der Waals surface area contributed by atoms with E-state index in [9.17, 15) is 5.11 Å². The number of aliphatic hydroxyl groups is 1. The zero-order chi connectivity index (χ0) is 11.5. The summed E-state index contributed by atoms with van der Waals surface area (Å²) in [6, 6.07) is 10.9. The summed E-state index contributed by atoms with van der Waals surface area (Å²) in [5.41, 5.74) is 6.67. The van der Waals surface area contributed by atoms with Crippen molar-refractivity contribution in [2.24, 2.45) is 5.73 Å². The van der Waals surface area contributed by atoms with Crippen molar-refractivity contribution in [2.75, 3.05) is 6.61 Å². The van der Waals surface area contributed by atoms with Gasteiger partial charge in [0, 0.05) is 18.2 Å². The van der Waals surface area contributed by atoms with Crippen LogP contribution in [0.4, 0.5) is 0 Å². The number of phenolic OH excluding ortho intramolecular Hbond substituents is 1. The number of rotatable bonds is 3. The van der Waals surface area contributed by atoms with E-state index in [1.54, 1.807) is 6.07 Å². The van der Waals surface area contributed by atoms with Crippen LogP contribution in [0, 0.1) is 0 Å². The summed E-state index contributed by atoms with van der Waals surface area (Å²) >= 11 is 0. The average Bonchev–Trinajstić information content (AvgIpc) is 2.29. The Morgan fingerprint density at radius 1 is 1.12 bits per heavy atom. The number of nitrogens with two attached hydrogens (primary N) is 1. The number of phenols is 1. The average molecular weight is 254 g/mol. The number of benzene rings is 2. The second kappa shape index (κ2) is 5.87. The summed E-state index contributed by atoms with van der Waals surface area (Å²) < 4.78 is 0. The van der Waals surface area contributed by atoms with Crippen LogP contribution in [-0.4, -0.2) is 16.8 Å². The van der Waals surface area contributed by atoms with Gasteiger partial charge in [0.15, 0.2) is 0 Å². The van der Waals surface area contributed by atoms with E-state index in [1.165, 1.54) is 0 Å². The molecule has 0 aromatic heterocycles. The molecule has 0 radical (unpaired) electrons. The number of halogens is 1. The molecule has 0 aliphatic heterocycles. The molecule has 3 nitrogen and oxygen atoms in total. The molecule has 2 aromatic carbocycles. The van der Waals surface area contributed by atoms with Crippen molar-refractivity contribution in [3.05, 3.63) is 42.0 Å². The van der Waals surface area contributed by atoms with E-state index in [4.69, 9.17) is 10.8 Å². The minimum Gasteiger partial charge on any atom is -0.508 e. The Labute approximate surface area is 106 Å². The van der Waals surface area contributed by atoms with Crippen LogP contribution >= 0.6 is 12.4 Å². The van der Waals surface area contributed by atoms with Gasteiger partial charge in [-0.05, 0) is 23.3 Å². The quantitative estimate of drug-likeness (QED) is 0.787. The Balaban J connectivity index is 0.00000144. The van der Waals surface area contributed by atoms with Crippen LogP contribution in [0.15, 0.2) is 36.4 Å². The number of aliphatic hydroxyl groups excluding tert-OH is 1. The van der Waals surface area contributed by atoms with Crippen molar-refractivity contribution >= 4 is 23.2 Å². The second-order valence-electron chi connectivity index (χ2n) is 3.84. The van der Waals surface area contributed by atoms with E-state index < -0.39 is 0 Å². The summed E-state index contributed by atoms with van der Waals surface area (Å²) in [6.07, 6.45) is 0.446. The molecule has 0 aliphatic rings. The van der Waals surface area contributed by atoms with E-state index >= 15 is 0 Å². The molecular weight excluding hydrogens is 238 g/mol. The molecule has 4 heteroatoms. The first-order valence-electron chi connectivity index (χ1n) is 5.31. The highest BCUT2D eigenvalue weighted by molar-refractivity contribution is 5.88. The topological polar surface area (TPSA) is 66.5 Å². The van der Waals surface area contributed by atoms with Gasteiger partial charge in [-0.3, -0.25) is 0 Å². The van der Waals surface area contributed by atoms with E-state index in [0.717, 1.165) is 10.8 Å². The maximum absolute atomic E-state index is 9.84. The molecule has 0 aliphatic carbocycles. The number of hydrogen-bond acceptors (Lipinski definition) is 3. The molecule has 2 aromatic rings. The lowest BCUT2D eigenvalue weighted by Crippen LogP contribution is -2.12. The van der Waals surface area contributed by atoms with E-state index in [2.05, 4.69) is 0 Å². The van der Waals surface area contributed by atoms with Crippen molar-refractivity contribution in [2.45, 2.75) is 12.5 Å². The first kappa shape index (κ1) is 13.8. The summed E-state index contributed by atoms with van der Waals surface area (Å²) in [6.45, 7) is 0.0177. The van der Waals surface area contributed by atoms with Gasteiger partial charge < -0.3 is 15.9 Å². The van der Waals surface area contributed by atoms with Gasteiger partial charge in [-0.25, -0.2) is 0 Å². The van der Waals surface area contributed by atoms with E-state index in [1.807, 2.05) is 30.3 Å². The molecule has 0 bridgehead atoms. The van der Waals surface area contributed by atoms with Crippen LogP contribution in [-0.2, 0) is 0 Å². The predicted molar refractivity (Wildman–Crippen MR) is 71.5 cm³/mol. The van der Waals surface area contributed by atoms with E-state index in [0.29, 0.717) is 12.0 Å². The fourth-order valence-electron chi connectivity index (χ4n) is 1.96. The van der Waals surface area contributed by atoms with Crippen LogP contribution in [0.2, 0.25) is 0 Å². The fraction of sp³-hybridized carbons (Fsp3) is 0.231. The SMILES string of the molecule is Cl.N[C@H](CCO)c1c(O)ccc2ccccc12. The Kier molecular flexibility index (Phi) is 4.75. The van der Waals surface area contributed by atoms with Gasteiger partial charge in [-0.15, -0.1) is 12.4 Å². The van der Waals surface area contributed by atoms with Crippen molar-refractivity contribution in [3.63, 3.8) is 0 Å². The van der Waals surface area contributed by atoms with Crippen molar-refractivity contribution in [3.8, 4) is 5.75 Å². The second-order valence-corrected chi connectivity index (χ2v) is 3.84. The highest BCUT2D eigenvalue weighted by Crippen LogP contribution is 2.32. The predicted octanol–water partition coefficient (Wildman–Crippen LogP) is 2.35. The van der Waals surface area contributed by atoms with Gasteiger partial charge in [0.1, 0.15) is 5.75 Å². The molecule has 0 saturated carbocycles. The van der Waals surface area contributed by atoms with Crippen LogP contribution in [0.1, 0.15) is 18.0 Å². The lowest BCUT2D eigenvalue weighted by Gasteiger charge is -2.15. The summed E-state index contributed by atoms with van der Waals surface area (Å²) in [5, 5.41) is 20.7. The smallest absolute Gasteiger partial charge is 0.120 e. The summed E-state index contributed by atoms with van der Waals surface area (Å²) in [5.74, 6) is 0.194. The molecule has 2 rings (SSSR count). The lowest BCUT2D eigenvalue weighted by molar-refractivity contribution is 0.276. The summed E-state index contributed by atoms with van der Waals surface area (Å²) in [7, 11) is 0. The fourth-order valence-corrected chi connectivity index (χ4v) is 1.96. The molecular formula is C13H16ClNO2. The molecule has 17 heavy (non-hydrogen) atoms. The molecule has 0 unspecified atom stereocenters. The normalized spacial score (nSPS) is 12.1. The molecule has 4 N–H and O–H groups in total. The van der Waals surface area contributed by atoms with Gasteiger partial charge in [0.05, 0.1) is 0 Å². The Morgan fingerprint density at radius 3 is 2.53 bits per heavy atom. The minimum absolute atomic E-state index is 0. The molecule has 0 fully saturated rings. The number of aromatic hydroxyl groups is 1. The standard InChI is InChI=1S/C13H15NO2.ClH/c14-11(7-8-15)13-10-4-2-1-3-9(10)5-6-12(13)16;/h1-6,11,15-16H,7-8,14H2;1H/t11-;/m1./s1. The molecule has 1 atom stereocenters.